The van der Waals surface area contributed by atoms with Gasteiger partial charge in [0.05, 0.1) is 11.2 Å². The normalized spacial score (nSPS) is 10.8. The molecule has 4 N–H and O–H groups in total. The second-order valence-electron chi connectivity index (χ2n) is 6.47. The summed E-state index contributed by atoms with van der Waals surface area (Å²) < 4.78 is 5.96. The van der Waals surface area contributed by atoms with Crippen LogP contribution in [0.4, 0.5) is 0 Å². The number of fused-ring (bicyclic) bond motifs is 1. The summed E-state index contributed by atoms with van der Waals surface area (Å²) in [7, 11) is 0. The average molecular weight is 385 g/mol. The van der Waals surface area contributed by atoms with Crippen molar-refractivity contribution >= 4 is 16.8 Å². The number of amides is 1. The Labute approximate surface area is 167 Å². The number of primary amides is 1. The van der Waals surface area contributed by atoms with Crippen LogP contribution >= 0.6 is 0 Å². The maximum atomic E-state index is 12.0. The summed E-state index contributed by atoms with van der Waals surface area (Å²) in [5.74, 6) is 0.296. The fraction of sp³-hybridized carbons (Fsp3) is 0.0909. The first-order valence-corrected chi connectivity index (χ1v) is 9.09. The highest BCUT2D eigenvalue weighted by Gasteiger charge is 2.16. The molecule has 0 aliphatic heterocycles. The monoisotopic (exact) mass is 385 g/mol. The second kappa shape index (κ2) is 8.04. The largest absolute Gasteiger partial charge is 0.439 e. The number of benzene rings is 2. The van der Waals surface area contributed by atoms with Crippen LogP contribution in [-0.4, -0.2) is 20.9 Å². The van der Waals surface area contributed by atoms with Crippen molar-refractivity contribution in [2.75, 3.05) is 0 Å². The van der Waals surface area contributed by atoms with Gasteiger partial charge in [0, 0.05) is 41.2 Å². The Hall–Kier alpha value is -3.84. The van der Waals surface area contributed by atoms with Crippen LogP contribution < -0.4 is 16.2 Å². The Bertz CT molecular complexity index is 1190. The summed E-state index contributed by atoms with van der Waals surface area (Å²) in [6.45, 7) is 0.272. The predicted molar refractivity (Wildman–Crippen MR) is 110 cm³/mol. The minimum atomic E-state index is -0.531. The molecule has 0 spiro atoms. The van der Waals surface area contributed by atoms with Gasteiger partial charge in [-0.3, -0.25) is 9.78 Å². The lowest BCUT2D eigenvalue weighted by Crippen LogP contribution is -2.15. The molecule has 1 amide bonds. The summed E-state index contributed by atoms with van der Waals surface area (Å²) in [6.07, 6.45) is 1.77. The minimum Gasteiger partial charge on any atom is -0.439 e. The van der Waals surface area contributed by atoms with E-state index in [2.05, 4.69) is 9.97 Å². The van der Waals surface area contributed by atoms with Crippen LogP contribution in [0, 0.1) is 0 Å². The molecule has 0 bridgehead atoms. The zero-order valence-electron chi connectivity index (χ0n) is 15.6. The molecule has 4 rings (SSSR count). The van der Waals surface area contributed by atoms with E-state index in [1.54, 1.807) is 24.3 Å². The van der Waals surface area contributed by atoms with E-state index in [0.29, 0.717) is 34.9 Å². The lowest BCUT2D eigenvalue weighted by atomic mass is 10.0. The average Bonchev–Trinajstić information content (AvgIpc) is 2.75. The van der Waals surface area contributed by atoms with Gasteiger partial charge in [-0.1, -0.05) is 30.3 Å². The molecule has 0 aliphatic carbocycles. The highest BCUT2D eigenvalue weighted by molar-refractivity contribution is 5.95. The van der Waals surface area contributed by atoms with Gasteiger partial charge >= 0.3 is 0 Å². The summed E-state index contributed by atoms with van der Waals surface area (Å²) >= 11 is 0. The van der Waals surface area contributed by atoms with Crippen LogP contribution in [-0.2, 0) is 13.0 Å². The predicted octanol–water partition coefficient (Wildman–Crippen LogP) is 2.97. The maximum Gasteiger partial charge on any atom is 0.249 e. The van der Waals surface area contributed by atoms with E-state index in [0.717, 1.165) is 16.6 Å². The highest BCUT2D eigenvalue weighted by Crippen LogP contribution is 2.29. The molecule has 2 aromatic carbocycles. The van der Waals surface area contributed by atoms with E-state index in [4.69, 9.17) is 21.2 Å². The number of carbonyl (C=O) groups is 1. The SMILES string of the molecule is NCc1cc(Oc2cccc(C(N)=O)c2Cc2ccc3ccccc3n2)ncn1. The molecule has 0 unspecified atom stereocenters. The van der Waals surface area contributed by atoms with Gasteiger partial charge in [0.2, 0.25) is 11.8 Å². The Morgan fingerprint density at radius 3 is 2.66 bits per heavy atom. The van der Waals surface area contributed by atoms with Crippen molar-refractivity contribution in [3.05, 3.63) is 89.5 Å². The van der Waals surface area contributed by atoms with Gasteiger partial charge in [0.1, 0.15) is 12.1 Å². The maximum absolute atomic E-state index is 12.0. The fourth-order valence-corrected chi connectivity index (χ4v) is 3.12. The Morgan fingerprint density at radius 1 is 0.966 bits per heavy atom. The third kappa shape index (κ3) is 4.04. The molecule has 0 radical (unpaired) electrons. The number of rotatable bonds is 6. The van der Waals surface area contributed by atoms with Crippen LogP contribution in [0.15, 0.2) is 67.0 Å². The van der Waals surface area contributed by atoms with Crippen molar-refractivity contribution in [3.8, 4) is 11.6 Å². The minimum absolute atomic E-state index is 0.272. The van der Waals surface area contributed by atoms with Gasteiger partial charge in [-0.2, -0.15) is 0 Å². The zero-order valence-corrected chi connectivity index (χ0v) is 15.6. The van der Waals surface area contributed by atoms with Gasteiger partial charge in [-0.05, 0) is 24.3 Å². The van der Waals surface area contributed by atoms with Gasteiger partial charge < -0.3 is 16.2 Å². The zero-order chi connectivity index (χ0) is 20.2. The lowest BCUT2D eigenvalue weighted by molar-refractivity contribution is 0.0999. The van der Waals surface area contributed by atoms with Gasteiger partial charge in [-0.15, -0.1) is 0 Å². The van der Waals surface area contributed by atoms with E-state index >= 15 is 0 Å². The number of ether oxygens (including phenoxy) is 1. The van der Waals surface area contributed by atoms with Crippen LogP contribution in [0.2, 0.25) is 0 Å². The van der Waals surface area contributed by atoms with Crippen LogP contribution in [0.5, 0.6) is 11.6 Å². The number of para-hydroxylation sites is 1. The summed E-state index contributed by atoms with van der Waals surface area (Å²) in [6, 6.07) is 18.6. The second-order valence-corrected chi connectivity index (χ2v) is 6.47. The molecule has 0 saturated heterocycles. The van der Waals surface area contributed by atoms with E-state index in [-0.39, 0.29) is 6.54 Å². The third-order valence-electron chi connectivity index (χ3n) is 4.53. The first-order valence-electron chi connectivity index (χ1n) is 9.09. The molecule has 0 saturated carbocycles. The summed E-state index contributed by atoms with van der Waals surface area (Å²) in [5.41, 5.74) is 14.6. The van der Waals surface area contributed by atoms with Crippen molar-refractivity contribution in [2.24, 2.45) is 11.5 Å². The van der Waals surface area contributed by atoms with Crippen LogP contribution in [0.1, 0.15) is 27.3 Å². The number of aromatic nitrogens is 3. The molecule has 2 aromatic heterocycles. The Kier molecular flexibility index (Phi) is 5.13. The first kappa shape index (κ1) is 18.5. The Morgan fingerprint density at radius 2 is 1.83 bits per heavy atom. The molecule has 0 atom stereocenters. The molecule has 2 heterocycles. The number of carbonyl (C=O) groups excluding carboxylic acids is 1. The van der Waals surface area contributed by atoms with Crippen molar-refractivity contribution in [1.82, 2.24) is 15.0 Å². The topological polar surface area (TPSA) is 117 Å². The number of hydrogen-bond acceptors (Lipinski definition) is 6. The van der Waals surface area contributed by atoms with Gasteiger partial charge in [0.25, 0.3) is 0 Å². The first-order chi connectivity index (χ1) is 14.1. The van der Waals surface area contributed by atoms with Gasteiger partial charge in [0.15, 0.2) is 0 Å². The van der Waals surface area contributed by atoms with Crippen molar-refractivity contribution in [3.63, 3.8) is 0 Å². The summed E-state index contributed by atoms with van der Waals surface area (Å²) in [5, 5.41) is 1.05. The summed E-state index contributed by atoms with van der Waals surface area (Å²) in [4.78, 5) is 24.9. The van der Waals surface area contributed by atoms with Crippen molar-refractivity contribution in [2.45, 2.75) is 13.0 Å². The van der Waals surface area contributed by atoms with E-state index in [1.165, 1.54) is 6.33 Å². The van der Waals surface area contributed by atoms with Crippen molar-refractivity contribution in [1.29, 1.82) is 0 Å². The molecule has 0 aliphatic rings. The van der Waals surface area contributed by atoms with Gasteiger partial charge in [-0.25, -0.2) is 9.97 Å². The van der Waals surface area contributed by atoms with E-state index < -0.39 is 5.91 Å². The lowest BCUT2D eigenvalue weighted by Gasteiger charge is -2.14. The Balaban J connectivity index is 1.74. The standard InChI is InChI=1S/C22H19N5O2/c23-12-16-11-21(26-13-25-16)29-20-7-3-5-17(22(24)28)18(20)10-15-9-8-14-4-1-2-6-19(14)27-15/h1-9,11,13H,10,12,23H2,(H2,24,28). The number of hydrogen-bond donors (Lipinski definition) is 2. The van der Waals surface area contributed by atoms with E-state index in [1.807, 2.05) is 36.4 Å². The highest BCUT2D eigenvalue weighted by atomic mass is 16.5. The molecular weight excluding hydrogens is 366 g/mol. The van der Waals surface area contributed by atoms with Crippen LogP contribution in [0.25, 0.3) is 10.9 Å². The number of pyridine rings is 1. The molecular formula is C22H19N5O2. The van der Waals surface area contributed by atoms with Crippen LogP contribution in [0.3, 0.4) is 0 Å². The smallest absolute Gasteiger partial charge is 0.249 e. The van der Waals surface area contributed by atoms with Crippen molar-refractivity contribution < 1.29 is 9.53 Å². The van der Waals surface area contributed by atoms with E-state index in [9.17, 15) is 4.79 Å². The molecule has 4 aromatic rings. The number of nitrogens with two attached hydrogens (primary N) is 2. The molecule has 29 heavy (non-hydrogen) atoms. The fourth-order valence-electron chi connectivity index (χ4n) is 3.12. The molecule has 7 heteroatoms. The molecule has 144 valence electrons. The molecule has 7 nitrogen and oxygen atoms in total. The third-order valence-corrected chi connectivity index (χ3v) is 4.53. The quantitative estimate of drug-likeness (QED) is 0.527. The molecule has 0 fully saturated rings. The number of nitrogens with zero attached hydrogens (tertiary/aromatic N) is 3.